The summed E-state index contributed by atoms with van der Waals surface area (Å²) >= 11 is 0. The van der Waals surface area contributed by atoms with E-state index in [1.54, 1.807) is 14.2 Å². The molecule has 2 aromatic carbocycles. The first-order valence-corrected chi connectivity index (χ1v) is 7.94. The normalized spacial score (nSPS) is 9.84. The second-order valence-corrected chi connectivity index (χ2v) is 5.53. The molecule has 0 bridgehead atoms. The Labute approximate surface area is 154 Å². The molecule has 0 unspecified atom stereocenters. The maximum Gasteiger partial charge on any atom is 0.220 e. The Kier molecular flexibility index (Phi) is 8.64. The Morgan fingerprint density at radius 1 is 0.960 bits per heavy atom. The minimum Gasteiger partial charge on any atom is -0.493 e. The Hall–Kier alpha value is -2.40. The number of halogens is 1. The van der Waals surface area contributed by atoms with Crippen LogP contribution in [0.3, 0.4) is 0 Å². The van der Waals surface area contributed by atoms with Crippen LogP contribution in [0.2, 0.25) is 0 Å². The van der Waals surface area contributed by atoms with E-state index in [2.05, 4.69) is 5.32 Å². The van der Waals surface area contributed by atoms with Crippen LogP contribution in [0.15, 0.2) is 42.5 Å². The molecule has 2 rings (SSSR count). The summed E-state index contributed by atoms with van der Waals surface area (Å²) in [6.07, 6.45) is 1.90. The third kappa shape index (κ3) is 6.55. The molecule has 6 heteroatoms. The van der Waals surface area contributed by atoms with Crippen LogP contribution in [0.25, 0.3) is 0 Å². The van der Waals surface area contributed by atoms with Crippen molar-refractivity contribution in [1.29, 1.82) is 0 Å². The lowest BCUT2D eigenvalue weighted by molar-refractivity contribution is -0.121. The van der Waals surface area contributed by atoms with Crippen LogP contribution in [0.4, 0.5) is 5.69 Å². The lowest BCUT2D eigenvalue weighted by Gasteiger charge is -2.10. The van der Waals surface area contributed by atoms with Gasteiger partial charge in [-0.05, 0) is 48.2 Å². The van der Waals surface area contributed by atoms with E-state index < -0.39 is 0 Å². The lowest BCUT2D eigenvalue weighted by atomic mass is 10.1. The van der Waals surface area contributed by atoms with Crippen LogP contribution in [-0.2, 0) is 17.6 Å². The number of hydrogen-bond acceptors (Lipinski definition) is 4. The van der Waals surface area contributed by atoms with E-state index in [1.807, 2.05) is 42.5 Å². The zero-order valence-electron chi connectivity index (χ0n) is 14.6. The van der Waals surface area contributed by atoms with Gasteiger partial charge in [0.15, 0.2) is 11.5 Å². The summed E-state index contributed by atoms with van der Waals surface area (Å²) in [6.45, 7) is 0.620. The average molecular weight is 365 g/mol. The third-order valence-corrected chi connectivity index (χ3v) is 3.80. The average Bonchev–Trinajstić information content (AvgIpc) is 2.61. The molecule has 3 N–H and O–H groups in total. The van der Waals surface area contributed by atoms with Gasteiger partial charge in [0.1, 0.15) is 0 Å². The minimum atomic E-state index is 0. The number of hydrogen-bond donors (Lipinski definition) is 2. The summed E-state index contributed by atoms with van der Waals surface area (Å²) in [5.74, 6) is 1.41. The van der Waals surface area contributed by atoms with Gasteiger partial charge in [-0.1, -0.05) is 18.2 Å². The van der Waals surface area contributed by atoms with E-state index in [1.165, 1.54) is 0 Å². The van der Waals surface area contributed by atoms with Crippen molar-refractivity contribution in [2.75, 3.05) is 26.5 Å². The van der Waals surface area contributed by atoms with Gasteiger partial charge in [-0.25, -0.2) is 0 Å². The molecule has 0 spiro atoms. The van der Waals surface area contributed by atoms with E-state index >= 15 is 0 Å². The number of rotatable bonds is 8. The first-order valence-electron chi connectivity index (χ1n) is 7.94. The molecule has 0 aromatic heterocycles. The smallest absolute Gasteiger partial charge is 0.220 e. The Morgan fingerprint density at radius 3 is 2.24 bits per heavy atom. The van der Waals surface area contributed by atoms with Crippen molar-refractivity contribution >= 4 is 24.0 Å². The van der Waals surface area contributed by atoms with Crippen molar-refractivity contribution in [3.05, 3.63) is 53.6 Å². The Balaban J connectivity index is 0.00000312. The van der Waals surface area contributed by atoms with Crippen molar-refractivity contribution in [3.8, 4) is 11.5 Å². The van der Waals surface area contributed by atoms with Gasteiger partial charge in [-0.3, -0.25) is 4.79 Å². The summed E-state index contributed by atoms with van der Waals surface area (Å²) in [5, 5.41) is 2.94. The van der Waals surface area contributed by atoms with Crippen LogP contribution < -0.4 is 20.5 Å². The van der Waals surface area contributed by atoms with Crippen LogP contribution >= 0.6 is 12.4 Å². The number of carbonyl (C=O) groups excluding carboxylic acids is 1. The molecule has 136 valence electrons. The number of nitrogens with two attached hydrogens (primary N) is 1. The summed E-state index contributed by atoms with van der Waals surface area (Å²) in [6, 6.07) is 13.4. The zero-order valence-corrected chi connectivity index (χ0v) is 15.4. The van der Waals surface area contributed by atoms with Crippen molar-refractivity contribution in [1.82, 2.24) is 5.32 Å². The van der Waals surface area contributed by atoms with Crippen LogP contribution in [0.1, 0.15) is 17.5 Å². The molecule has 5 nitrogen and oxygen atoms in total. The second kappa shape index (κ2) is 10.5. The molecule has 0 aliphatic heterocycles. The summed E-state index contributed by atoms with van der Waals surface area (Å²) in [5.41, 5.74) is 8.60. The van der Waals surface area contributed by atoms with Gasteiger partial charge in [0.05, 0.1) is 14.2 Å². The topological polar surface area (TPSA) is 73.6 Å². The Bertz CT molecular complexity index is 675. The van der Waals surface area contributed by atoms with Gasteiger partial charge < -0.3 is 20.5 Å². The number of nitrogens with one attached hydrogen (secondary N) is 1. The van der Waals surface area contributed by atoms with Gasteiger partial charge in [0, 0.05) is 18.7 Å². The number of aryl methyl sites for hydroxylation is 1. The highest BCUT2D eigenvalue weighted by molar-refractivity contribution is 5.85. The van der Waals surface area contributed by atoms with Gasteiger partial charge in [0.2, 0.25) is 5.91 Å². The number of methoxy groups -OCH3 is 2. The predicted octanol–water partition coefficient (Wildman–Crippen LogP) is 3.00. The fourth-order valence-corrected chi connectivity index (χ4v) is 2.41. The molecular weight excluding hydrogens is 340 g/mol. The number of anilines is 1. The second-order valence-electron chi connectivity index (χ2n) is 5.53. The van der Waals surface area contributed by atoms with Gasteiger partial charge in [0.25, 0.3) is 0 Å². The fourth-order valence-electron chi connectivity index (χ4n) is 2.41. The van der Waals surface area contributed by atoms with Gasteiger partial charge in [-0.2, -0.15) is 0 Å². The van der Waals surface area contributed by atoms with Crippen molar-refractivity contribution in [2.24, 2.45) is 0 Å². The quantitative estimate of drug-likeness (QED) is 0.706. The Morgan fingerprint density at radius 2 is 1.60 bits per heavy atom. The number of nitrogen functional groups attached to an aromatic ring is 1. The number of benzene rings is 2. The van der Waals surface area contributed by atoms with Crippen molar-refractivity contribution in [3.63, 3.8) is 0 Å². The summed E-state index contributed by atoms with van der Waals surface area (Å²) in [7, 11) is 3.21. The molecule has 0 aliphatic rings. The van der Waals surface area contributed by atoms with E-state index in [4.69, 9.17) is 15.2 Å². The molecule has 1 amide bonds. The molecule has 0 atom stereocenters. The van der Waals surface area contributed by atoms with E-state index in [-0.39, 0.29) is 18.3 Å². The molecule has 0 saturated carbocycles. The molecular formula is C19H25ClN2O3. The number of carbonyl (C=O) groups is 1. The highest BCUT2D eigenvalue weighted by Gasteiger charge is 2.07. The van der Waals surface area contributed by atoms with Crippen LogP contribution in [-0.4, -0.2) is 26.7 Å². The first kappa shape index (κ1) is 20.6. The zero-order chi connectivity index (χ0) is 17.4. The van der Waals surface area contributed by atoms with Crippen LogP contribution in [0, 0.1) is 0 Å². The first-order chi connectivity index (χ1) is 11.6. The highest BCUT2D eigenvalue weighted by atomic mass is 35.5. The molecule has 0 fully saturated rings. The van der Waals surface area contributed by atoms with Crippen molar-refractivity contribution < 1.29 is 14.3 Å². The minimum absolute atomic E-state index is 0. The van der Waals surface area contributed by atoms with E-state index in [0.29, 0.717) is 30.9 Å². The summed E-state index contributed by atoms with van der Waals surface area (Å²) in [4.78, 5) is 12.0. The largest absolute Gasteiger partial charge is 0.493 e. The van der Waals surface area contributed by atoms with Gasteiger partial charge >= 0.3 is 0 Å². The van der Waals surface area contributed by atoms with E-state index in [9.17, 15) is 4.79 Å². The monoisotopic (exact) mass is 364 g/mol. The molecule has 0 radical (unpaired) electrons. The SMILES string of the molecule is COc1ccc(CCC(=O)NCCc2ccc(N)cc2)cc1OC.Cl. The van der Waals surface area contributed by atoms with Crippen LogP contribution in [0.5, 0.6) is 11.5 Å². The molecule has 0 heterocycles. The number of amides is 1. The maximum absolute atomic E-state index is 12.0. The standard InChI is InChI=1S/C19H24N2O3.ClH/c1-23-17-9-5-15(13-18(17)24-2)6-10-19(22)21-12-11-14-3-7-16(20)8-4-14;/h3-5,7-9,13H,6,10-12,20H2,1-2H3,(H,21,22);1H. The molecule has 0 saturated heterocycles. The predicted molar refractivity (Wildman–Crippen MR) is 103 cm³/mol. The third-order valence-electron chi connectivity index (χ3n) is 3.80. The number of ether oxygens (including phenoxy) is 2. The highest BCUT2D eigenvalue weighted by Crippen LogP contribution is 2.27. The van der Waals surface area contributed by atoms with Crippen molar-refractivity contribution in [2.45, 2.75) is 19.3 Å². The van der Waals surface area contributed by atoms with E-state index in [0.717, 1.165) is 23.2 Å². The van der Waals surface area contributed by atoms with Gasteiger partial charge in [-0.15, -0.1) is 12.4 Å². The maximum atomic E-state index is 12.0. The molecule has 25 heavy (non-hydrogen) atoms. The lowest BCUT2D eigenvalue weighted by Crippen LogP contribution is -2.25. The molecule has 0 aliphatic carbocycles. The fraction of sp³-hybridized carbons (Fsp3) is 0.316. The molecule has 2 aromatic rings. The summed E-state index contributed by atoms with van der Waals surface area (Å²) < 4.78 is 10.5.